The van der Waals surface area contributed by atoms with Crippen molar-refractivity contribution >= 4 is 22.8 Å². The Morgan fingerprint density at radius 2 is 1.93 bits per heavy atom. The highest BCUT2D eigenvalue weighted by molar-refractivity contribution is 5.98. The summed E-state index contributed by atoms with van der Waals surface area (Å²) in [6.07, 6.45) is 2.99. The van der Waals surface area contributed by atoms with Crippen molar-refractivity contribution in [1.82, 2.24) is 30.0 Å². The van der Waals surface area contributed by atoms with E-state index in [0.29, 0.717) is 17.8 Å². The predicted octanol–water partition coefficient (Wildman–Crippen LogP) is 2.05. The molecule has 8 heteroatoms. The topological polar surface area (TPSA) is 79.2 Å². The monoisotopic (exact) mass is 407 g/mol. The summed E-state index contributed by atoms with van der Waals surface area (Å²) >= 11 is 0. The molecule has 0 bridgehead atoms. The van der Waals surface area contributed by atoms with Gasteiger partial charge in [0.2, 0.25) is 0 Å². The fourth-order valence-corrected chi connectivity index (χ4v) is 3.92. The third-order valence-corrected chi connectivity index (χ3v) is 5.74. The summed E-state index contributed by atoms with van der Waals surface area (Å²) in [6.45, 7) is 8.39. The van der Waals surface area contributed by atoms with Crippen molar-refractivity contribution in [3.8, 4) is 0 Å². The molecule has 3 aromatic rings. The van der Waals surface area contributed by atoms with E-state index >= 15 is 0 Å². The lowest BCUT2D eigenvalue weighted by molar-refractivity contribution is 0.0950. The number of amides is 1. The van der Waals surface area contributed by atoms with Gasteiger partial charge in [0.05, 0.1) is 17.0 Å². The van der Waals surface area contributed by atoms with E-state index in [4.69, 9.17) is 0 Å². The molecule has 158 valence electrons. The van der Waals surface area contributed by atoms with E-state index in [1.807, 2.05) is 45.3 Å². The number of hydrogen-bond acceptors (Lipinski definition) is 6. The van der Waals surface area contributed by atoms with Crippen LogP contribution < -0.4 is 10.2 Å². The average Bonchev–Trinajstić information content (AvgIpc) is 2.88. The van der Waals surface area contributed by atoms with E-state index in [2.05, 4.69) is 37.2 Å². The van der Waals surface area contributed by atoms with Gasteiger partial charge in [-0.1, -0.05) is 6.07 Å². The number of anilines is 1. The fraction of sp³-hybridized carbons (Fsp3) is 0.455. The first-order valence-corrected chi connectivity index (χ1v) is 10.4. The van der Waals surface area contributed by atoms with Crippen LogP contribution in [0.3, 0.4) is 0 Å². The second-order valence-corrected chi connectivity index (χ2v) is 8.05. The van der Waals surface area contributed by atoms with Gasteiger partial charge in [0.15, 0.2) is 5.65 Å². The van der Waals surface area contributed by atoms with Gasteiger partial charge in [0, 0.05) is 44.8 Å². The standard InChI is InChI=1S/C22H29N7O/c1-15-19(12-18-16(2)26-28(4)21(18)25-15)22(30)24-14-17-6-7-20(23-13-17)29-9-5-8-27(3)10-11-29/h6-7,12-13H,5,8-11,14H2,1-4H3,(H,24,30). The lowest BCUT2D eigenvalue weighted by atomic mass is 10.1. The van der Waals surface area contributed by atoms with Crippen LogP contribution in [0, 0.1) is 13.8 Å². The van der Waals surface area contributed by atoms with Crippen molar-refractivity contribution in [3.05, 3.63) is 46.9 Å². The highest BCUT2D eigenvalue weighted by atomic mass is 16.1. The normalized spacial score (nSPS) is 15.4. The molecule has 0 aromatic carbocycles. The molecule has 1 aliphatic heterocycles. The van der Waals surface area contributed by atoms with Crippen LogP contribution in [0.15, 0.2) is 24.4 Å². The Morgan fingerprint density at radius 1 is 1.10 bits per heavy atom. The average molecular weight is 408 g/mol. The second kappa shape index (κ2) is 8.39. The highest BCUT2D eigenvalue weighted by Gasteiger charge is 2.16. The van der Waals surface area contributed by atoms with Crippen LogP contribution in [-0.2, 0) is 13.6 Å². The van der Waals surface area contributed by atoms with Crippen LogP contribution in [0.25, 0.3) is 11.0 Å². The summed E-state index contributed by atoms with van der Waals surface area (Å²) < 4.78 is 1.74. The zero-order valence-corrected chi connectivity index (χ0v) is 18.1. The van der Waals surface area contributed by atoms with Crippen molar-refractivity contribution in [2.75, 3.05) is 38.1 Å². The molecule has 30 heavy (non-hydrogen) atoms. The number of hydrogen-bond donors (Lipinski definition) is 1. The number of aryl methyl sites for hydroxylation is 3. The number of nitrogens with zero attached hydrogens (tertiary/aromatic N) is 6. The minimum atomic E-state index is -0.134. The summed E-state index contributed by atoms with van der Waals surface area (Å²) in [5.74, 6) is 0.864. The van der Waals surface area contributed by atoms with Crippen LogP contribution in [0.4, 0.5) is 5.82 Å². The summed E-state index contributed by atoms with van der Waals surface area (Å²) in [6, 6.07) is 5.97. The summed E-state index contributed by atoms with van der Waals surface area (Å²) in [5, 5.41) is 8.29. The lowest BCUT2D eigenvalue weighted by Gasteiger charge is -2.21. The molecule has 4 rings (SSSR count). The Labute approximate surface area is 176 Å². The molecule has 0 aliphatic carbocycles. The van der Waals surface area contributed by atoms with Crippen molar-refractivity contribution in [2.24, 2.45) is 7.05 Å². The molecule has 1 amide bonds. The third kappa shape index (κ3) is 4.14. The molecule has 0 unspecified atom stereocenters. The zero-order chi connectivity index (χ0) is 21.3. The Bertz CT molecular complexity index is 1060. The second-order valence-electron chi connectivity index (χ2n) is 8.05. The Kier molecular flexibility index (Phi) is 5.67. The van der Waals surface area contributed by atoms with Crippen LogP contribution in [-0.4, -0.2) is 63.8 Å². The number of nitrogens with one attached hydrogen (secondary N) is 1. The highest BCUT2D eigenvalue weighted by Crippen LogP contribution is 2.19. The number of carbonyl (C=O) groups excluding carboxylic acids is 1. The quantitative estimate of drug-likeness (QED) is 0.713. The molecule has 3 aromatic heterocycles. The smallest absolute Gasteiger partial charge is 0.253 e. The molecule has 1 saturated heterocycles. The number of pyridine rings is 2. The summed E-state index contributed by atoms with van der Waals surface area (Å²) in [7, 11) is 4.02. The van der Waals surface area contributed by atoms with E-state index in [1.165, 1.54) is 0 Å². The SMILES string of the molecule is Cc1nc2c(cc1C(=O)NCc1ccc(N3CCCN(C)CC3)nc1)c(C)nn2C. The first-order chi connectivity index (χ1) is 14.4. The van der Waals surface area contributed by atoms with Crippen LogP contribution in [0.2, 0.25) is 0 Å². The van der Waals surface area contributed by atoms with E-state index in [0.717, 1.165) is 60.7 Å². The minimum Gasteiger partial charge on any atom is -0.355 e. The Balaban J connectivity index is 1.42. The Morgan fingerprint density at radius 3 is 2.70 bits per heavy atom. The molecule has 0 radical (unpaired) electrons. The van der Waals surface area contributed by atoms with Crippen molar-refractivity contribution in [3.63, 3.8) is 0 Å². The first-order valence-electron chi connectivity index (χ1n) is 10.4. The lowest BCUT2D eigenvalue weighted by Crippen LogP contribution is -2.29. The first kappa shape index (κ1) is 20.3. The number of carbonyl (C=O) groups is 1. The van der Waals surface area contributed by atoms with Gasteiger partial charge in [-0.05, 0) is 51.6 Å². The van der Waals surface area contributed by atoms with Gasteiger partial charge < -0.3 is 15.1 Å². The molecule has 4 heterocycles. The maximum atomic E-state index is 12.8. The van der Waals surface area contributed by atoms with E-state index < -0.39 is 0 Å². The van der Waals surface area contributed by atoms with Gasteiger partial charge in [-0.15, -0.1) is 0 Å². The van der Waals surface area contributed by atoms with Crippen LogP contribution in [0.5, 0.6) is 0 Å². The largest absolute Gasteiger partial charge is 0.355 e. The number of aromatic nitrogens is 4. The molecule has 1 fully saturated rings. The maximum Gasteiger partial charge on any atom is 0.253 e. The van der Waals surface area contributed by atoms with Crippen molar-refractivity contribution in [1.29, 1.82) is 0 Å². The predicted molar refractivity (Wildman–Crippen MR) is 118 cm³/mol. The molecule has 0 saturated carbocycles. The van der Waals surface area contributed by atoms with Crippen LogP contribution in [0.1, 0.15) is 33.7 Å². The molecule has 0 spiro atoms. The summed E-state index contributed by atoms with van der Waals surface area (Å²) in [5.41, 5.74) is 3.91. The molecular weight excluding hydrogens is 378 g/mol. The van der Waals surface area contributed by atoms with E-state index in [1.54, 1.807) is 4.68 Å². The van der Waals surface area contributed by atoms with Crippen molar-refractivity contribution < 1.29 is 4.79 Å². The molecular formula is C22H29N7O. The Hall–Kier alpha value is -3.00. The third-order valence-electron chi connectivity index (χ3n) is 5.74. The maximum absolute atomic E-state index is 12.8. The zero-order valence-electron chi connectivity index (χ0n) is 18.1. The van der Waals surface area contributed by atoms with E-state index in [-0.39, 0.29) is 5.91 Å². The van der Waals surface area contributed by atoms with Crippen molar-refractivity contribution in [2.45, 2.75) is 26.8 Å². The van der Waals surface area contributed by atoms with Gasteiger partial charge in [-0.3, -0.25) is 9.48 Å². The van der Waals surface area contributed by atoms with Gasteiger partial charge >= 0.3 is 0 Å². The summed E-state index contributed by atoms with van der Waals surface area (Å²) in [4.78, 5) is 26.6. The van der Waals surface area contributed by atoms with Gasteiger partial charge in [0.1, 0.15) is 5.82 Å². The van der Waals surface area contributed by atoms with E-state index in [9.17, 15) is 4.79 Å². The number of rotatable bonds is 4. The van der Waals surface area contributed by atoms with Gasteiger partial charge in [0.25, 0.3) is 5.91 Å². The fourth-order valence-electron chi connectivity index (χ4n) is 3.92. The van der Waals surface area contributed by atoms with Crippen LogP contribution >= 0.6 is 0 Å². The number of likely N-dealkylation sites (N-methyl/N-ethyl adjacent to an activating group) is 1. The molecule has 1 N–H and O–H groups in total. The molecule has 8 nitrogen and oxygen atoms in total. The molecule has 1 aliphatic rings. The van der Waals surface area contributed by atoms with Gasteiger partial charge in [-0.25, -0.2) is 9.97 Å². The number of fused-ring (bicyclic) bond motifs is 1. The van der Waals surface area contributed by atoms with Gasteiger partial charge in [-0.2, -0.15) is 5.10 Å². The molecule has 0 atom stereocenters. The minimum absolute atomic E-state index is 0.134.